The van der Waals surface area contributed by atoms with Gasteiger partial charge in [-0.2, -0.15) is 0 Å². The number of imide groups is 1. The van der Waals surface area contributed by atoms with E-state index in [1.54, 1.807) is 0 Å². The highest BCUT2D eigenvalue weighted by Crippen LogP contribution is 2.05. The van der Waals surface area contributed by atoms with E-state index in [0.29, 0.717) is 12.6 Å². The quantitative estimate of drug-likeness (QED) is 0.334. The predicted molar refractivity (Wildman–Crippen MR) is 46.1 cm³/mol. The largest absolute Gasteiger partial charge is 0.299 e. The summed E-state index contributed by atoms with van der Waals surface area (Å²) in [6.07, 6.45) is 4.12. The lowest BCUT2D eigenvalue weighted by atomic mass is 10.2. The van der Waals surface area contributed by atoms with E-state index < -0.39 is 11.8 Å². The van der Waals surface area contributed by atoms with Crippen LogP contribution in [-0.4, -0.2) is 35.8 Å². The molecule has 0 aromatic carbocycles. The molecule has 5 heteroatoms. The molecule has 0 saturated carbocycles. The Bertz CT molecular complexity index is 336. The summed E-state index contributed by atoms with van der Waals surface area (Å²) in [6, 6.07) is 0. The van der Waals surface area contributed by atoms with Gasteiger partial charge in [-0.1, -0.05) is 0 Å². The van der Waals surface area contributed by atoms with E-state index >= 15 is 0 Å². The number of amides is 2. The van der Waals surface area contributed by atoms with Gasteiger partial charge in [-0.25, -0.2) is 0 Å². The first-order valence-electron chi connectivity index (χ1n) is 3.82. The van der Waals surface area contributed by atoms with Crippen molar-refractivity contribution >= 4 is 24.4 Å². The van der Waals surface area contributed by atoms with E-state index in [-0.39, 0.29) is 12.1 Å². The zero-order valence-corrected chi connectivity index (χ0v) is 7.17. The lowest BCUT2D eigenvalue weighted by Crippen LogP contribution is -2.32. The molecule has 5 nitrogen and oxygen atoms in total. The van der Waals surface area contributed by atoms with Crippen LogP contribution < -0.4 is 0 Å². The van der Waals surface area contributed by atoms with Crippen LogP contribution in [-0.2, 0) is 19.2 Å². The predicted octanol–water partition coefficient (Wildman–Crippen LogP) is -0.764. The number of nitrogens with zero attached hydrogens (tertiary/aromatic N) is 1. The molecule has 2 amide bonds. The molecule has 0 aliphatic carbocycles. The summed E-state index contributed by atoms with van der Waals surface area (Å²) in [6.45, 7) is -0.160. The Labute approximate surface area is 79.7 Å². The first-order valence-corrected chi connectivity index (χ1v) is 3.82. The van der Waals surface area contributed by atoms with Gasteiger partial charge >= 0.3 is 0 Å². The minimum Gasteiger partial charge on any atom is -0.299 e. The van der Waals surface area contributed by atoms with Gasteiger partial charge in [0.05, 0.1) is 6.54 Å². The average Bonchev–Trinajstić information content (AvgIpc) is 2.48. The van der Waals surface area contributed by atoms with Gasteiger partial charge in [-0.05, 0) is 6.08 Å². The van der Waals surface area contributed by atoms with Gasteiger partial charge in [0.1, 0.15) is 12.6 Å². The molecule has 0 bridgehead atoms. The summed E-state index contributed by atoms with van der Waals surface area (Å²) in [5, 5.41) is 0. The molecular formula is C9H7NO4. The van der Waals surface area contributed by atoms with Crippen molar-refractivity contribution in [3.8, 4) is 0 Å². The van der Waals surface area contributed by atoms with Crippen LogP contribution in [0.5, 0.6) is 0 Å². The average molecular weight is 193 g/mol. The maximum absolute atomic E-state index is 11.0. The SMILES string of the molecule is O=C/C=C(\C=O)CN1C(=O)C=CC1=O. The monoisotopic (exact) mass is 193 g/mol. The van der Waals surface area contributed by atoms with Crippen molar-refractivity contribution in [2.75, 3.05) is 6.54 Å². The van der Waals surface area contributed by atoms with Crippen molar-refractivity contribution in [2.24, 2.45) is 0 Å². The van der Waals surface area contributed by atoms with E-state index in [9.17, 15) is 19.2 Å². The second-order valence-corrected chi connectivity index (χ2v) is 2.59. The van der Waals surface area contributed by atoms with Crippen LogP contribution in [0.25, 0.3) is 0 Å². The number of hydrogen-bond acceptors (Lipinski definition) is 4. The van der Waals surface area contributed by atoms with E-state index in [2.05, 4.69) is 0 Å². The standard InChI is InChI=1S/C9H7NO4/c11-4-3-7(6-12)5-10-8(13)1-2-9(10)14/h1-4,6H,5H2/b7-3-. The van der Waals surface area contributed by atoms with Gasteiger partial charge in [-0.15, -0.1) is 0 Å². The van der Waals surface area contributed by atoms with Gasteiger partial charge in [0.2, 0.25) is 0 Å². The zero-order chi connectivity index (χ0) is 10.6. The van der Waals surface area contributed by atoms with Crippen LogP contribution in [0.3, 0.4) is 0 Å². The third kappa shape index (κ3) is 2.01. The Morgan fingerprint density at radius 1 is 1.21 bits per heavy atom. The number of rotatable bonds is 4. The molecule has 0 aromatic rings. The summed E-state index contributed by atoms with van der Waals surface area (Å²) in [4.78, 5) is 43.4. The van der Waals surface area contributed by atoms with E-state index in [1.807, 2.05) is 0 Å². The highest BCUT2D eigenvalue weighted by atomic mass is 16.2. The van der Waals surface area contributed by atoms with Crippen LogP contribution in [0.1, 0.15) is 0 Å². The molecule has 1 heterocycles. The second-order valence-electron chi connectivity index (χ2n) is 2.59. The maximum atomic E-state index is 11.0. The summed E-state index contributed by atoms with van der Waals surface area (Å²) in [5.41, 5.74) is 0.0883. The fourth-order valence-electron chi connectivity index (χ4n) is 0.986. The van der Waals surface area contributed by atoms with Crippen LogP contribution >= 0.6 is 0 Å². The van der Waals surface area contributed by atoms with E-state index in [0.717, 1.165) is 23.1 Å². The molecule has 0 fully saturated rings. The van der Waals surface area contributed by atoms with Crippen LogP contribution in [0.4, 0.5) is 0 Å². The molecule has 1 aliphatic heterocycles. The third-order valence-electron chi connectivity index (χ3n) is 1.67. The Kier molecular flexibility index (Phi) is 3.06. The summed E-state index contributed by atoms with van der Waals surface area (Å²) < 4.78 is 0. The Morgan fingerprint density at radius 3 is 2.21 bits per heavy atom. The summed E-state index contributed by atoms with van der Waals surface area (Å²) >= 11 is 0. The van der Waals surface area contributed by atoms with Crippen LogP contribution in [0, 0.1) is 0 Å². The number of allylic oxidation sites excluding steroid dienone is 1. The van der Waals surface area contributed by atoms with Gasteiger partial charge in [0.15, 0.2) is 0 Å². The fourth-order valence-corrected chi connectivity index (χ4v) is 0.986. The highest BCUT2D eigenvalue weighted by Gasteiger charge is 2.23. The van der Waals surface area contributed by atoms with Crippen molar-refractivity contribution in [1.82, 2.24) is 4.90 Å². The molecule has 1 aliphatic rings. The first kappa shape index (κ1) is 10.0. The zero-order valence-electron chi connectivity index (χ0n) is 7.17. The van der Waals surface area contributed by atoms with Crippen LogP contribution in [0.15, 0.2) is 23.8 Å². The molecule has 0 N–H and O–H groups in total. The third-order valence-corrected chi connectivity index (χ3v) is 1.67. The topological polar surface area (TPSA) is 71.5 Å². The maximum Gasteiger partial charge on any atom is 0.253 e. The van der Waals surface area contributed by atoms with E-state index in [4.69, 9.17) is 0 Å². The second kappa shape index (κ2) is 4.27. The summed E-state index contributed by atoms with van der Waals surface area (Å²) in [7, 11) is 0. The molecule has 0 spiro atoms. The molecule has 0 atom stereocenters. The molecule has 14 heavy (non-hydrogen) atoms. The Morgan fingerprint density at radius 2 is 1.79 bits per heavy atom. The fraction of sp³-hybridized carbons (Fsp3) is 0.111. The number of aldehydes is 2. The van der Waals surface area contributed by atoms with Crippen molar-refractivity contribution in [3.05, 3.63) is 23.8 Å². The molecule has 0 unspecified atom stereocenters. The van der Waals surface area contributed by atoms with Crippen molar-refractivity contribution < 1.29 is 19.2 Å². The molecular weight excluding hydrogens is 186 g/mol. The van der Waals surface area contributed by atoms with E-state index in [1.165, 1.54) is 0 Å². The molecule has 0 aromatic heterocycles. The molecule has 0 saturated heterocycles. The smallest absolute Gasteiger partial charge is 0.253 e. The molecule has 0 radical (unpaired) electrons. The van der Waals surface area contributed by atoms with Gasteiger partial charge in [0, 0.05) is 17.7 Å². The minimum absolute atomic E-state index is 0.0883. The minimum atomic E-state index is -0.478. The molecule has 1 rings (SSSR count). The first-order chi connectivity index (χ1) is 6.69. The normalized spacial score (nSPS) is 16.3. The highest BCUT2D eigenvalue weighted by molar-refractivity contribution is 6.13. The van der Waals surface area contributed by atoms with Gasteiger partial charge in [0.25, 0.3) is 11.8 Å². The van der Waals surface area contributed by atoms with Crippen molar-refractivity contribution in [1.29, 1.82) is 0 Å². The Hall–Kier alpha value is -2.04. The lowest BCUT2D eigenvalue weighted by Gasteiger charge is -2.12. The van der Waals surface area contributed by atoms with Crippen molar-refractivity contribution in [3.63, 3.8) is 0 Å². The molecule has 72 valence electrons. The van der Waals surface area contributed by atoms with Gasteiger partial charge in [-0.3, -0.25) is 24.1 Å². The Balaban J connectivity index is 2.73. The lowest BCUT2D eigenvalue weighted by molar-refractivity contribution is -0.136. The number of carbonyl (C=O) groups excluding carboxylic acids is 4. The van der Waals surface area contributed by atoms with Gasteiger partial charge < -0.3 is 0 Å². The number of hydrogen-bond donors (Lipinski definition) is 0. The summed E-state index contributed by atoms with van der Waals surface area (Å²) in [5.74, 6) is -0.956. The number of carbonyl (C=O) groups is 4. The van der Waals surface area contributed by atoms with Crippen molar-refractivity contribution in [2.45, 2.75) is 0 Å². The van der Waals surface area contributed by atoms with Crippen LogP contribution in [0.2, 0.25) is 0 Å².